The van der Waals surface area contributed by atoms with Crippen molar-refractivity contribution in [3.05, 3.63) is 40.4 Å². The maximum absolute atomic E-state index is 11.1. The minimum Gasteiger partial charge on any atom is -0.233 e. The number of para-hydroxylation sites is 1. The molecule has 0 saturated carbocycles. The number of nitrogens with zero attached hydrogens (tertiary/aromatic N) is 2. The van der Waals surface area contributed by atoms with Gasteiger partial charge in [0, 0.05) is 4.41 Å². The van der Waals surface area contributed by atoms with E-state index in [2.05, 4.69) is 0 Å². The summed E-state index contributed by atoms with van der Waals surface area (Å²) in [6.45, 7) is 0. The van der Waals surface area contributed by atoms with Gasteiger partial charge in [-0.1, -0.05) is 18.2 Å². The molecule has 6 nitrogen and oxygen atoms in total. The third-order valence-corrected chi connectivity index (χ3v) is 2.41. The summed E-state index contributed by atoms with van der Waals surface area (Å²) in [5.74, 6) is 0. The molecule has 0 aliphatic carbocycles. The highest BCUT2D eigenvalue weighted by Gasteiger charge is 2.27. The highest BCUT2D eigenvalue weighted by molar-refractivity contribution is 7.91. The molecule has 0 aliphatic rings. The molecule has 0 bridgehead atoms. The molecule has 7 heteroatoms. The molecule has 0 fully saturated rings. The van der Waals surface area contributed by atoms with E-state index in [0.717, 1.165) is 6.26 Å². The van der Waals surface area contributed by atoms with Gasteiger partial charge in [-0.05, 0) is 12.1 Å². The highest BCUT2D eigenvalue weighted by Crippen LogP contribution is 2.15. The summed E-state index contributed by atoms with van der Waals surface area (Å²) in [6.07, 6.45) is 0.781. The Balaban J connectivity index is 3.22. The topological polar surface area (TPSA) is 80.5 Å². The summed E-state index contributed by atoms with van der Waals surface area (Å²) in [7, 11) is -3.88. The quantitative estimate of drug-likeness (QED) is 0.548. The molecule has 1 aromatic rings. The fourth-order valence-corrected chi connectivity index (χ4v) is 1.71. The highest BCUT2D eigenvalue weighted by atomic mass is 32.2. The van der Waals surface area contributed by atoms with Crippen LogP contribution in [-0.2, 0) is 10.0 Å². The van der Waals surface area contributed by atoms with Crippen LogP contribution >= 0.6 is 0 Å². The van der Waals surface area contributed by atoms with Crippen molar-refractivity contribution in [3.63, 3.8) is 0 Å². The van der Waals surface area contributed by atoms with E-state index in [0.29, 0.717) is 0 Å². The Kier molecular flexibility index (Phi) is 2.70. The van der Waals surface area contributed by atoms with Crippen LogP contribution in [0.4, 0.5) is 5.69 Å². The van der Waals surface area contributed by atoms with Crippen molar-refractivity contribution in [2.75, 3.05) is 10.7 Å². The van der Waals surface area contributed by atoms with Crippen molar-refractivity contribution in [1.29, 1.82) is 0 Å². The number of hydrazine groups is 1. The lowest BCUT2D eigenvalue weighted by Crippen LogP contribution is -2.35. The fourth-order valence-electron chi connectivity index (χ4n) is 0.962. The van der Waals surface area contributed by atoms with Gasteiger partial charge < -0.3 is 0 Å². The second-order valence-corrected chi connectivity index (χ2v) is 4.39. The van der Waals surface area contributed by atoms with Gasteiger partial charge >= 0.3 is 0 Å². The van der Waals surface area contributed by atoms with E-state index in [1.807, 2.05) is 0 Å². The molecule has 0 heterocycles. The number of rotatable bonds is 3. The minimum atomic E-state index is -3.88. The Hall–Kier alpha value is -1.63. The van der Waals surface area contributed by atoms with Gasteiger partial charge in [0.15, 0.2) is 5.03 Å². The molecule has 0 amide bonds. The lowest BCUT2D eigenvalue weighted by molar-refractivity contribution is -0.474. The van der Waals surface area contributed by atoms with Gasteiger partial charge in [0.2, 0.25) is 0 Å². The molecule has 14 heavy (non-hydrogen) atoms. The van der Waals surface area contributed by atoms with Crippen molar-refractivity contribution in [1.82, 2.24) is 0 Å². The maximum Gasteiger partial charge on any atom is 0.286 e. The summed E-state index contributed by atoms with van der Waals surface area (Å²) in [6, 6.07) is 7.39. The number of anilines is 1. The van der Waals surface area contributed by atoms with Crippen LogP contribution in [0.1, 0.15) is 0 Å². The van der Waals surface area contributed by atoms with Crippen LogP contribution in [0, 0.1) is 10.1 Å². The minimum absolute atomic E-state index is 0.0139. The van der Waals surface area contributed by atoms with Crippen LogP contribution in [0.2, 0.25) is 0 Å². The predicted octanol–water partition coefficient (Wildman–Crippen LogP) is 0.644. The van der Waals surface area contributed by atoms with Gasteiger partial charge in [0.25, 0.3) is 10.0 Å². The Morgan fingerprint density at radius 3 is 2.14 bits per heavy atom. The number of benzene rings is 1. The van der Waals surface area contributed by atoms with Crippen molar-refractivity contribution < 1.29 is 13.5 Å². The lowest BCUT2D eigenvalue weighted by atomic mass is 10.3. The largest absolute Gasteiger partial charge is 0.286 e. The molecule has 0 saturated heterocycles. The molecule has 1 aromatic carbocycles. The monoisotopic (exact) mass is 216 g/mol. The normalized spacial score (nSPS) is 10.9. The zero-order chi connectivity index (χ0) is 10.8. The van der Waals surface area contributed by atoms with Gasteiger partial charge in [-0.3, -0.25) is 0 Å². The van der Waals surface area contributed by atoms with Crippen LogP contribution in [0.5, 0.6) is 0 Å². The Morgan fingerprint density at radius 2 is 1.79 bits per heavy atom. The average Bonchev–Trinajstić information content (AvgIpc) is 2.02. The van der Waals surface area contributed by atoms with Gasteiger partial charge in [0.05, 0.1) is 6.26 Å². The molecule has 0 aliphatic heterocycles. The first-order valence-corrected chi connectivity index (χ1v) is 5.47. The molecule has 0 spiro atoms. The van der Waals surface area contributed by atoms with Crippen LogP contribution in [0.15, 0.2) is 30.3 Å². The maximum atomic E-state index is 11.1. The molecule has 0 unspecified atom stereocenters. The van der Waals surface area contributed by atoms with Gasteiger partial charge in [-0.25, -0.2) is 18.5 Å². The Bertz CT molecular complexity index is 428. The van der Waals surface area contributed by atoms with Gasteiger partial charge in [-0.2, -0.15) is 0 Å². The lowest BCUT2D eigenvalue weighted by Gasteiger charge is -2.10. The summed E-state index contributed by atoms with van der Waals surface area (Å²) in [5, 5.41) is 9.53. The zero-order valence-corrected chi connectivity index (χ0v) is 8.14. The van der Waals surface area contributed by atoms with E-state index in [9.17, 15) is 18.5 Å². The average molecular weight is 216 g/mol. The second kappa shape index (κ2) is 3.62. The van der Waals surface area contributed by atoms with Crippen LogP contribution < -0.4 is 4.41 Å². The smallest absolute Gasteiger partial charge is 0.233 e. The molecule has 76 valence electrons. The molecule has 1 rings (SSSR count). The van der Waals surface area contributed by atoms with E-state index in [1.165, 1.54) is 24.3 Å². The standard InChI is InChI=1S/C7H8N2O4S/c1-14(12,13)8(9(10)11)7-5-3-2-4-6-7/h2-6H,1H3. The van der Waals surface area contributed by atoms with Crippen LogP contribution in [0.25, 0.3) is 0 Å². The number of sulfonamides is 1. The third kappa shape index (κ3) is 2.19. The third-order valence-electron chi connectivity index (χ3n) is 1.44. The first-order valence-electron chi connectivity index (χ1n) is 3.62. The van der Waals surface area contributed by atoms with Crippen LogP contribution in [-0.4, -0.2) is 19.7 Å². The summed E-state index contributed by atoms with van der Waals surface area (Å²) in [5.41, 5.74) is 0.0139. The van der Waals surface area contributed by atoms with E-state index < -0.39 is 15.1 Å². The van der Waals surface area contributed by atoms with Crippen molar-refractivity contribution in [2.24, 2.45) is 0 Å². The Labute approximate surface area is 80.9 Å². The molecule has 0 N–H and O–H groups in total. The van der Waals surface area contributed by atoms with Crippen molar-refractivity contribution in [2.45, 2.75) is 0 Å². The van der Waals surface area contributed by atoms with Crippen molar-refractivity contribution >= 4 is 15.7 Å². The molecule has 0 atom stereocenters. The van der Waals surface area contributed by atoms with E-state index in [1.54, 1.807) is 6.07 Å². The SMILES string of the molecule is CS(=O)(=O)N(c1ccccc1)[N+](=O)[O-]. The summed E-state index contributed by atoms with van der Waals surface area (Å²) < 4.78 is 22.2. The predicted molar refractivity (Wildman–Crippen MR) is 50.8 cm³/mol. The van der Waals surface area contributed by atoms with Crippen molar-refractivity contribution in [3.8, 4) is 0 Å². The second-order valence-electron chi connectivity index (χ2n) is 2.58. The van der Waals surface area contributed by atoms with E-state index in [-0.39, 0.29) is 10.1 Å². The molecular weight excluding hydrogens is 208 g/mol. The first-order chi connectivity index (χ1) is 6.43. The van der Waals surface area contributed by atoms with Crippen LogP contribution in [0.3, 0.4) is 0 Å². The summed E-state index contributed by atoms with van der Waals surface area (Å²) in [4.78, 5) is 10.5. The number of nitro groups is 1. The summed E-state index contributed by atoms with van der Waals surface area (Å²) >= 11 is 0. The van der Waals surface area contributed by atoms with E-state index >= 15 is 0 Å². The number of hydrogen-bond acceptors (Lipinski definition) is 4. The number of hydrogen-bond donors (Lipinski definition) is 0. The fraction of sp³-hybridized carbons (Fsp3) is 0.143. The zero-order valence-electron chi connectivity index (χ0n) is 7.32. The first kappa shape index (κ1) is 10.5. The molecule has 0 radical (unpaired) electrons. The van der Waals surface area contributed by atoms with Gasteiger partial charge in [-0.15, -0.1) is 0 Å². The molecule has 0 aromatic heterocycles. The Morgan fingerprint density at radius 1 is 1.29 bits per heavy atom. The van der Waals surface area contributed by atoms with Gasteiger partial charge in [0.1, 0.15) is 5.69 Å². The molecular formula is C7H8N2O4S. The van der Waals surface area contributed by atoms with E-state index in [4.69, 9.17) is 0 Å².